The summed E-state index contributed by atoms with van der Waals surface area (Å²) in [5, 5.41) is 10.1. The second-order valence-electron chi connectivity index (χ2n) is 4.15. The maximum absolute atomic E-state index is 12.7. The molecule has 0 aliphatic carbocycles. The van der Waals surface area contributed by atoms with Gasteiger partial charge in [0.1, 0.15) is 0 Å². The van der Waals surface area contributed by atoms with E-state index < -0.39 is 16.7 Å². The van der Waals surface area contributed by atoms with Gasteiger partial charge >= 0.3 is 6.18 Å². The van der Waals surface area contributed by atoms with E-state index in [2.05, 4.69) is 4.72 Å². The third-order valence-corrected chi connectivity index (χ3v) is 3.78. The highest BCUT2D eigenvalue weighted by Gasteiger charge is 2.33. The molecule has 0 atom stereocenters. The first kappa shape index (κ1) is 16.4. The van der Waals surface area contributed by atoms with Gasteiger partial charge in [0.25, 0.3) is 5.69 Å². The molecule has 0 saturated carbocycles. The van der Waals surface area contributed by atoms with Crippen molar-refractivity contribution in [3.63, 3.8) is 0 Å². The Bertz CT molecular complexity index is 693. The van der Waals surface area contributed by atoms with Gasteiger partial charge in [-0.25, -0.2) is 0 Å². The Labute approximate surface area is 132 Å². The molecule has 2 aromatic carbocycles. The molecule has 0 aromatic heterocycles. The SMILES string of the molecule is O=[N+]([O-])c1ccc(SNc2ccc(Cl)c(C(F)(F)F)c2)cc1. The molecule has 2 rings (SSSR count). The number of nitro benzene ring substituents is 1. The fourth-order valence-corrected chi connectivity index (χ4v) is 2.42. The molecule has 0 amide bonds. The number of hydrogen-bond acceptors (Lipinski definition) is 4. The molecule has 0 spiro atoms. The van der Waals surface area contributed by atoms with Crippen LogP contribution in [0, 0.1) is 10.1 Å². The fraction of sp³-hybridized carbons (Fsp3) is 0.0769. The lowest BCUT2D eigenvalue weighted by Gasteiger charge is -2.11. The highest BCUT2D eigenvalue weighted by atomic mass is 35.5. The summed E-state index contributed by atoms with van der Waals surface area (Å²) in [6, 6.07) is 9.09. The average molecular weight is 349 g/mol. The molecular weight excluding hydrogens is 341 g/mol. The van der Waals surface area contributed by atoms with Gasteiger partial charge in [0.15, 0.2) is 0 Å². The Morgan fingerprint density at radius 2 is 1.77 bits per heavy atom. The van der Waals surface area contributed by atoms with Gasteiger partial charge in [0, 0.05) is 22.7 Å². The molecule has 0 radical (unpaired) electrons. The summed E-state index contributed by atoms with van der Waals surface area (Å²) < 4.78 is 40.9. The maximum atomic E-state index is 12.7. The quantitative estimate of drug-likeness (QED) is 0.457. The molecule has 116 valence electrons. The summed E-state index contributed by atoms with van der Waals surface area (Å²) in [6.07, 6.45) is -4.53. The third kappa shape index (κ3) is 4.05. The second kappa shape index (κ2) is 6.45. The molecule has 0 saturated heterocycles. The van der Waals surface area contributed by atoms with Crippen LogP contribution in [-0.4, -0.2) is 4.92 Å². The van der Waals surface area contributed by atoms with Crippen LogP contribution in [0.15, 0.2) is 47.4 Å². The fourth-order valence-electron chi connectivity index (χ4n) is 1.56. The van der Waals surface area contributed by atoms with Crippen LogP contribution >= 0.6 is 23.5 Å². The summed E-state index contributed by atoms with van der Waals surface area (Å²) in [6.45, 7) is 0. The highest BCUT2D eigenvalue weighted by Crippen LogP contribution is 2.37. The number of benzene rings is 2. The number of nitrogens with one attached hydrogen (secondary N) is 1. The predicted octanol–water partition coefficient (Wildman–Crippen LogP) is 5.39. The first-order valence-corrected chi connectivity index (χ1v) is 7.01. The summed E-state index contributed by atoms with van der Waals surface area (Å²) in [5.41, 5.74) is -0.765. The first-order valence-electron chi connectivity index (χ1n) is 5.81. The van der Waals surface area contributed by atoms with Crippen molar-refractivity contribution in [3.05, 3.63) is 63.2 Å². The van der Waals surface area contributed by atoms with Crippen LogP contribution in [0.2, 0.25) is 5.02 Å². The molecule has 0 fully saturated rings. The Kier molecular flexibility index (Phi) is 4.82. The number of rotatable bonds is 4. The van der Waals surface area contributed by atoms with E-state index in [1.807, 2.05) is 0 Å². The van der Waals surface area contributed by atoms with E-state index >= 15 is 0 Å². The van der Waals surface area contributed by atoms with Crippen molar-refractivity contribution in [1.82, 2.24) is 0 Å². The predicted molar refractivity (Wildman–Crippen MR) is 79.0 cm³/mol. The van der Waals surface area contributed by atoms with Gasteiger partial charge in [-0.15, -0.1) is 0 Å². The molecule has 0 aliphatic heterocycles. The number of halogens is 4. The summed E-state index contributed by atoms with van der Waals surface area (Å²) in [7, 11) is 0. The molecule has 0 heterocycles. The number of anilines is 1. The summed E-state index contributed by atoms with van der Waals surface area (Å²) >= 11 is 6.56. The lowest BCUT2D eigenvalue weighted by molar-refractivity contribution is -0.384. The van der Waals surface area contributed by atoms with Gasteiger partial charge in [0.2, 0.25) is 0 Å². The van der Waals surface area contributed by atoms with Gasteiger partial charge in [-0.05, 0) is 42.3 Å². The maximum Gasteiger partial charge on any atom is 0.417 e. The lowest BCUT2D eigenvalue weighted by atomic mass is 10.2. The van der Waals surface area contributed by atoms with E-state index in [0.717, 1.165) is 24.1 Å². The average Bonchev–Trinajstić information content (AvgIpc) is 2.45. The monoisotopic (exact) mass is 348 g/mol. The zero-order valence-electron chi connectivity index (χ0n) is 10.7. The zero-order chi connectivity index (χ0) is 16.3. The van der Waals surface area contributed by atoms with Crippen molar-refractivity contribution in [3.8, 4) is 0 Å². The van der Waals surface area contributed by atoms with Crippen molar-refractivity contribution < 1.29 is 18.1 Å². The van der Waals surface area contributed by atoms with Crippen molar-refractivity contribution in [2.24, 2.45) is 0 Å². The molecule has 22 heavy (non-hydrogen) atoms. The van der Waals surface area contributed by atoms with Crippen LogP contribution < -0.4 is 4.72 Å². The van der Waals surface area contributed by atoms with Gasteiger partial charge in [-0.3, -0.25) is 10.1 Å². The molecule has 0 bridgehead atoms. The first-order chi connectivity index (χ1) is 10.3. The van der Waals surface area contributed by atoms with E-state index in [9.17, 15) is 23.3 Å². The molecule has 9 heteroatoms. The Morgan fingerprint density at radius 3 is 2.32 bits per heavy atom. The van der Waals surface area contributed by atoms with Crippen LogP contribution in [0.4, 0.5) is 24.5 Å². The minimum Gasteiger partial charge on any atom is -0.326 e. The number of non-ortho nitro benzene ring substituents is 1. The lowest BCUT2D eigenvalue weighted by Crippen LogP contribution is -2.06. The van der Waals surface area contributed by atoms with Crippen molar-refractivity contribution >= 4 is 34.9 Å². The van der Waals surface area contributed by atoms with E-state index in [0.29, 0.717) is 4.90 Å². The largest absolute Gasteiger partial charge is 0.417 e. The van der Waals surface area contributed by atoms with Crippen LogP contribution in [-0.2, 0) is 6.18 Å². The Balaban J connectivity index is 2.10. The third-order valence-electron chi connectivity index (χ3n) is 2.61. The molecular formula is C13H8ClF3N2O2S. The minimum atomic E-state index is -4.53. The number of nitrogens with zero attached hydrogens (tertiary/aromatic N) is 1. The van der Waals surface area contributed by atoms with Crippen LogP contribution in [0.25, 0.3) is 0 Å². The van der Waals surface area contributed by atoms with Gasteiger partial charge in [0.05, 0.1) is 15.5 Å². The molecule has 1 N–H and O–H groups in total. The number of alkyl halides is 3. The molecule has 0 unspecified atom stereocenters. The standard InChI is InChI=1S/C13H8ClF3N2O2S/c14-12-6-1-8(7-11(12)13(15,16)17)18-22-10-4-2-9(3-5-10)19(20)21/h1-7,18H. The van der Waals surface area contributed by atoms with E-state index in [1.54, 1.807) is 0 Å². The number of hydrogen-bond donors (Lipinski definition) is 1. The van der Waals surface area contributed by atoms with Crippen molar-refractivity contribution in [2.75, 3.05) is 4.72 Å². The van der Waals surface area contributed by atoms with Gasteiger partial charge in [-0.1, -0.05) is 11.6 Å². The van der Waals surface area contributed by atoms with E-state index in [4.69, 9.17) is 11.6 Å². The smallest absolute Gasteiger partial charge is 0.326 e. The Hall–Kier alpha value is -1.93. The molecule has 0 aliphatic rings. The van der Waals surface area contributed by atoms with Crippen molar-refractivity contribution in [2.45, 2.75) is 11.1 Å². The zero-order valence-corrected chi connectivity index (χ0v) is 12.3. The number of nitro groups is 1. The van der Waals surface area contributed by atoms with E-state index in [-0.39, 0.29) is 16.4 Å². The highest BCUT2D eigenvalue weighted by molar-refractivity contribution is 8.00. The Morgan fingerprint density at radius 1 is 1.14 bits per heavy atom. The van der Waals surface area contributed by atoms with Crippen molar-refractivity contribution in [1.29, 1.82) is 0 Å². The van der Waals surface area contributed by atoms with Crippen LogP contribution in [0.3, 0.4) is 0 Å². The normalized spacial score (nSPS) is 11.3. The minimum absolute atomic E-state index is 0.0600. The van der Waals surface area contributed by atoms with E-state index in [1.165, 1.54) is 30.3 Å². The second-order valence-corrected chi connectivity index (χ2v) is 5.43. The molecule has 4 nitrogen and oxygen atoms in total. The molecule has 2 aromatic rings. The van der Waals surface area contributed by atoms with Gasteiger partial charge in [-0.2, -0.15) is 13.2 Å². The van der Waals surface area contributed by atoms with Gasteiger partial charge < -0.3 is 4.72 Å². The summed E-state index contributed by atoms with van der Waals surface area (Å²) in [4.78, 5) is 10.6. The van der Waals surface area contributed by atoms with Crippen LogP contribution in [0.5, 0.6) is 0 Å². The summed E-state index contributed by atoms with van der Waals surface area (Å²) in [5.74, 6) is 0. The van der Waals surface area contributed by atoms with Crippen LogP contribution in [0.1, 0.15) is 5.56 Å². The topological polar surface area (TPSA) is 55.2 Å².